The number of hydrogen-bond acceptors (Lipinski definition) is 4. The predicted octanol–water partition coefficient (Wildman–Crippen LogP) is 3.91. The summed E-state index contributed by atoms with van der Waals surface area (Å²) in [6, 6.07) is 13.3. The van der Waals surface area contributed by atoms with Crippen LogP contribution in [0.25, 0.3) is 0 Å². The largest absolute Gasteiger partial charge is 0.493 e. The van der Waals surface area contributed by atoms with Gasteiger partial charge < -0.3 is 19.1 Å². The van der Waals surface area contributed by atoms with Crippen LogP contribution < -0.4 is 14.2 Å². The van der Waals surface area contributed by atoms with Crippen molar-refractivity contribution in [3.05, 3.63) is 53.6 Å². The molecule has 1 fully saturated rings. The molecule has 27 heavy (non-hydrogen) atoms. The van der Waals surface area contributed by atoms with E-state index in [4.69, 9.17) is 14.2 Å². The number of hydrogen-bond donors (Lipinski definition) is 0. The van der Waals surface area contributed by atoms with E-state index in [-0.39, 0.29) is 5.91 Å². The van der Waals surface area contributed by atoms with Gasteiger partial charge in [0.1, 0.15) is 19.0 Å². The molecule has 0 bridgehead atoms. The van der Waals surface area contributed by atoms with Gasteiger partial charge in [-0.25, -0.2) is 0 Å². The van der Waals surface area contributed by atoms with Crippen LogP contribution in [0.5, 0.6) is 17.2 Å². The second kappa shape index (κ2) is 7.91. The Kier molecular flexibility index (Phi) is 5.19. The molecule has 1 aliphatic carbocycles. The predicted molar refractivity (Wildman–Crippen MR) is 103 cm³/mol. The minimum atomic E-state index is 0.000531. The lowest BCUT2D eigenvalue weighted by Gasteiger charge is -2.25. The standard InChI is InChI=1S/C22H25NO4/c1-2-23(14-18-4-3-5-20-21(18)26-13-12-25-20)22(24)17-8-10-19(11-9-17)27-15-16-6-7-16/h3-5,8-11,16H,2,6-7,12-15H2,1H3. The van der Waals surface area contributed by atoms with E-state index in [0.717, 1.165) is 29.4 Å². The van der Waals surface area contributed by atoms with Crippen molar-refractivity contribution in [2.75, 3.05) is 26.4 Å². The van der Waals surface area contributed by atoms with Gasteiger partial charge in [-0.05, 0) is 56.0 Å². The lowest BCUT2D eigenvalue weighted by atomic mass is 10.1. The zero-order valence-corrected chi connectivity index (χ0v) is 15.6. The van der Waals surface area contributed by atoms with Crippen LogP contribution in [0.3, 0.4) is 0 Å². The van der Waals surface area contributed by atoms with Crippen LogP contribution in [-0.2, 0) is 6.54 Å². The number of para-hydroxylation sites is 1. The number of carbonyl (C=O) groups is 1. The first-order valence-electron chi connectivity index (χ1n) is 9.64. The molecule has 5 heteroatoms. The van der Waals surface area contributed by atoms with Gasteiger partial charge in [0.2, 0.25) is 0 Å². The number of amides is 1. The highest BCUT2D eigenvalue weighted by Gasteiger charge is 2.22. The first-order chi connectivity index (χ1) is 13.2. The van der Waals surface area contributed by atoms with E-state index in [0.29, 0.717) is 37.8 Å². The van der Waals surface area contributed by atoms with E-state index in [2.05, 4.69) is 0 Å². The van der Waals surface area contributed by atoms with Crippen LogP contribution in [-0.4, -0.2) is 37.2 Å². The number of ether oxygens (including phenoxy) is 3. The molecule has 0 radical (unpaired) electrons. The highest BCUT2D eigenvalue weighted by atomic mass is 16.6. The molecule has 0 atom stereocenters. The summed E-state index contributed by atoms with van der Waals surface area (Å²) in [6.07, 6.45) is 2.53. The Labute approximate surface area is 159 Å². The number of rotatable bonds is 7. The van der Waals surface area contributed by atoms with Gasteiger partial charge >= 0.3 is 0 Å². The fourth-order valence-electron chi connectivity index (χ4n) is 3.17. The molecular formula is C22H25NO4. The maximum absolute atomic E-state index is 12.9. The lowest BCUT2D eigenvalue weighted by molar-refractivity contribution is 0.0749. The first kappa shape index (κ1) is 17.7. The first-order valence-corrected chi connectivity index (χ1v) is 9.64. The van der Waals surface area contributed by atoms with Crippen molar-refractivity contribution in [1.82, 2.24) is 4.90 Å². The summed E-state index contributed by atoms with van der Waals surface area (Å²) in [7, 11) is 0. The van der Waals surface area contributed by atoms with Gasteiger partial charge in [0, 0.05) is 24.2 Å². The van der Waals surface area contributed by atoms with Gasteiger partial charge in [0.15, 0.2) is 11.5 Å². The lowest BCUT2D eigenvalue weighted by Crippen LogP contribution is -2.30. The second-order valence-corrected chi connectivity index (χ2v) is 7.04. The van der Waals surface area contributed by atoms with Crippen LogP contribution in [0.4, 0.5) is 0 Å². The van der Waals surface area contributed by atoms with Crippen molar-refractivity contribution in [3.63, 3.8) is 0 Å². The fourth-order valence-corrected chi connectivity index (χ4v) is 3.17. The van der Waals surface area contributed by atoms with Gasteiger partial charge in [-0.3, -0.25) is 4.79 Å². The molecule has 2 aromatic rings. The molecule has 0 aromatic heterocycles. The Morgan fingerprint density at radius 3 is 2.63 bits per heavy atom. The maximum Gasteiger partial charge on any atom is 0.254 e. The Balaban J connectivity index is 1.45. The highest BCUT2D eigenvalue weighted by Crippen LogP contribution is 2.34. The molecule has 1 heterocycles. The minimum absolute atomic E-state index is 0.000531. The van der Waals surface area contributed by atoms with Gasteiger partial charge in [-0.15, -0.1) is 0 Å². The molecular weight excluding hydrogens is 342 g/mol. The highest BCUT2D eigenvalue weighted by molar-refractivity contribution is 5.94. The third-order valence-corrected chi connectivity index (χ3v) is 4.96. The van der Waals surface area contributed by atoms with Gasteiger partial charge in [0.25, 0.3) is 5.91 Å². The normalized spacial score (nSPS) is 15.3. The molecule has 2 aliphatic rings. The third kappa shape index (κ3) is 4.18. The summed E-state index contributed by atoms with van der Waals surface area (Å²) in [5.41, 5.74) is 1.63. The van der Waals surface area contributed by atoms with Crippen molar-refractivity contribution in [2.24, 2.45) is 5.92 Å². The number of carbonyl (C=O) groups excluding carboxylic acids is 1. The summed E-state index contributed by atoms with van der Waals surface area (Å²) in [5, 5.41) is 0. The van der Waals surface area contributed by atoms with Gasteiger partial charge in [0.05, 0.1) is 6.61 Å². The van der Waals surface area contributed by atoms with Crippen molar-refractivity contribution in [2.45, 2.75) is 26.3 Å². The molecule has 142 valence electrons. The fraction of sp³-hybridized carbons (Fsp3) is 0.409. The summed E-state index contributed by atoms with van der Waals surface area (Å²) < 4.78 is 17.2. The average molecular weight is 367 g/mol. The summed E-state index contributed by atoms with van der Waals surface area (Å²) in [5.74, 6) is 3.04. The molecule has 4 rings (SSSR count). The molecule has 1 saturated carbocycles. The van der Waals surface area contributed by atoms with Crippen LogP contribution in [0.1, 0.15) is 35.7 Å². The molecule has 0 unspecified atom stereocenters. The quantitative estimate of drug-likeness (QED) is 0.744. The molecule has 1 amide bonds. The van der Waals surface area contributed by atoms with Gasteiger partial charge in [-0.1, -0.05) is 12.1 Å². The van der Waals surface area contributed by atoms with Gasteiger partial charge in [-0.2, -0.15) is 0 Å². The minimum Gasteiger partial charge on any atom is -0.493 e. The molecule has 0 N–H and O–H groups in total. The van der Waals surface area contributed by atoms with Crippen molar-refractivity contribution in [1.29, 1.82) is 0 Å². The molecule has 0 saturated heterocycles. The zero-order chi connectivity index (χ0) is 18.6. The van der Waals surface area contributed by atoms with E-state index in [9.17, 15) is 4.79 Å². The summed E-state index contributed by atoms with van der Waals surface area (Å²) in [4.78, 5) is 14.8. The van der Waals surface area contributed by atoms with Crippen LogP contribution in [0.2, 0.25) is 0 Å². The maximum atomic E-state index is 12.9. The number of fused-ring (bicyclic) bond motifs is 1. The molecule has 0 spiro atoms. The Hall–Kier alpha value is -2.69. The Bertz CT molecular complexity index is 798. The third-order valence-electron chi connectivity index (χ3n) is 4.96. The Morgan fingerprint density at radius 1 is 1.11 bits per heavy atom. The van der Waals surface area contributed by atoms with E-state index in [1.165, 1.54) is 12.8 Å². The monoisotopic (exact) mass is 367 g/mol. The van der Waals surface area contributed by atoms with E-state index in [1.54, 1.807) is 0 Å². The van der Waals surface area contributed by atoms with Crippen molar-refractivity contribution >= 4 is 5.91 Å². The van der Waals surface area contributed by atoms with E-state index in [1.807, 2.05) is 54.3 Å². The second-order valence-electron chi connectivity index (χ2n) is 7.04. The summed E-state index contributed by atoms with van der Waals surface area (Å²) >= 11 is 0. The summed E-state index contributed by atoms with van der Waals surface area (Å²) in [6.45, 7) is 4.95. The van der Waals surface area contributed by atoms with Crippen LogP contribution in [0.15, 0.2) is 42.5 Å². The zero-order valence-electron chi connectivity index (χ0n) is 15.6. The van der Waals surface area contributed by atoms with E-state index < -0.39 is 0 Å². The van der Waals surface area contributed by atoms with Crippen molar-refractivity contribution in [3.8, 4) is 17.2 Å². The average Bonchev–Trinajstić information content (AvgIpc) is 3.55. The number of benzene rings is 2. The topological polar surface area (TPSA) is 48.0 Å². The van der Waals surface area contributed by atoms with Crippen LogP contribution >= 0.6 is 0 Å². The number of nitrogens with zero attached hydrogens (tertiary/aromatic N) is 1. The smallest absolute Gasteiger partial charge is 0.254 e. The molecule has 1 aliphatic heterocycles. The van der Waals surface area contributed by atoms with E-state index >= 15 is 0 Å². The van der Waals surface area contributed by atoms with Crippen molar-refractivity contribution < 1.29 is 19.0 Å². The molecule has 5 nitrogen and oxygen atoms in total. The molecule has 2 aromatic carbocycles. The van der Waals surface area contributed by atoms with Crippen LogP contribution in [0, 0.1) is 5.92 Å². The SMILES string of the molecule is CCN(Cc1cccc2c1OCCO2)C(=O)c1ccc(OCC2CC2)cc1. The Morgan fingerprint density at radius 2 is 1.89 bits per heavy atom.